The number of aromatic amines is 1. The first-order valence-corrected chi connectivity index (χ1v) is 9.17. The van der Waals surface area contributed by atoms with Crippen LogP contribution in [0.1, 0.15) is 50.6 Å². The Morgan fingerprint density at radius 1 is 1.20 bits per heavy atom. The fourth-order valence-electron chi connectivity index (χ4n) is 3.78. The first-order chi connectivity index (χ1) is 12.0. The Bertz CT molecular complexity index is 753. The van der Waals surface area contributed by atoms with Gasteiger partial charge in [0.15, 0.2) is 0 Å². The molecule has 1 saturated carbocycles. The largest absolute Gasteiger partial charge is 0.494 e. The van der Waals surface area contributed by atoms with Gasteiger partial charge < -0.3 is 10.0 Å². The van der Waals surface area contributed by atoms with Crippen molar-refractivity contribution >= 4 is 5.71 Å². The van der Waals surface area contributed by atoms with E-state index in [0.717, 1.165) is 58.3 Å². The summed E-state index contributed by atoms with van der Waals surface area (Å²) < 4.78 is 1.35. The topological polar surface area (TPSA) is 95.1 Å². The molecule has 1 aliphatic carbocycles. The predicted molar refractivity (Wildman–Crippen MR) is 95.5 cm³/mol. The monoisotopic (exact) mass is 350 g/mol. The molecule has 1 aromatic heterocycles. The van der Waals surface area contributed by atoms with Crippen LogP contribution >= 0.6 is 0 Å². The first-order valence-electron chi connectivity index (χ1n) is 9.17. The summed E-state index contributed by atoms with van der Waals surface area (Å²) in [5.74, 6) is -0.248. The van der Waals surface area contributed by atoms with E-state index in [-0.39, 0.29) is 17.5 Å². The summed E-state index contributed by atoms with van der Waals surface area (Å²) in [7, 11) is 2.14. The molecule has 2 aliphatic rings. The molecule has 2 fully saturated rings. The molecule has 25 heavy (non-hydrogen) atoms. The molecule has 0 amide bonds. The molecular weight excluding hydrogens is 322 g/mol. The first kappa shape index (κ1) is 17.7. The fraction of sp³-hybridized carbons (Fsp3) is 0.706. The van der Waals surface area contributed by atoms with E-state index in [4.69, 9.17) is 0 Å². The SMILES string of the molecule is C/C(=N\N1CC[NH+](C)CC1)c1c(O)n(C2CCCCC2)c(=O)[nH]c1=O. The van der Waals surface area contributed by atoms with Crippen LogP contribution < -0.4 is 16.1 Å². The van der Waals surface area contributed by atoms with Gasteiger partial charge in [-0.3, -0.25) is 19.4 Å². The lowest BCUT2D eigenvalue weighted by Gasteiger charge is -2.28. The number of quaternary nitrogens is 1. The van der Waals surface area contributed by atoms with Gasteiger partial charge in [0, 0.05) is 6.04 Å². The van der Waals surface area contributed by atoms with Crippen LogP contribution in [0, 0.1) is 0 Å². The van der Waals surface area contributed by atoms with Crippen LogP contribution in [0.3, 0.4) is 0 Å². The van der Waals surface area contributed by atoms with Crippen LogP contribution in [0.4, 0.5) is 0 Å². The van der Waals surface area contributed by atoms with Gasteiger partial charge in [-0.1, -0.05) is 19.3 Å². The highest BCUT2D eigenvalue weighted by Gasteiger charge is 2.24. The van der Waals surface area contributed by atoms with E-state index in [0.29, 0.717) is 5.71 Å². The molecule has 1 aliphatic heterocycles. The molecule has 0 spiro atoms. The van der Waals surface area contributed by atoms with E-state index in [2.05, 4.69) is 17.1 Å². The van der Waals surface area contributed by atoms with Crippen LogP contribution in [-0.2, 0) is 0 Å². The molecule has 3 rings (SSSR count). The molecule has 8 nitrogen and oxygen atoms in total. The van der Waals surface area contributed by atoms with E-state index < -0.39 is 11.2 Å². The smallest absolute Gasteiger partial charge is 0.331 e. The second kappa shape index (κ2) is 7.43. The number of rotatable bonds is 3. The standard InChI is InChI=1S/C17H27N5O3/c1-12(19-21-10-8-20(2)9-11-21)14-15(23)18-17(25)22(16(14)24)13-6-4-3-5-7-13/h13,24H,3-11H2,1-2H3,(H,18,23,25)/p+1/b19-12+. The van der Waals surface area contributed by atoms with Crippen LogP contribution in [0.5, 0.6) is 5.88 Å². The Balaban J connectivity index is 1.95. The summed E-state index contributed by atoms with van der Waals surface area (Å²) in [6, 6.07) is -0.0584. The number of H-pyrrole nitrogens is 1. The van der Waals surface area contributed by atoms with E-state index in [1.165, 1.54) is 9.47 Å². The van der Waals surface area contributed by atoms with Gasteiger partial charge in [-0.25, -0.2) is 4.79 Å². The molecule has 0 unspecified atom stereocenters. The molecule has 1 saturated heterocycles. The Morgan fingerprint density at radius 3 is 2.48 bits per heavy atom. The second-order valence-corrected chi connectivity index (χ2v) is 7.22. The highest BCUT2D eigenvalue weighted by molar-refractivity contribution is 6.00. The summed E-state index contributed by atoms with van der Waals surface area (Å²) in [6.45, 7) is 5.31. The minimum Gasteiger partial charge on any atom is -0.494 e. The van der Waals surface area contributed by atoms with Crippen molar-refractivity contribution < 1.29 is 10.0 Å². The Hall–Kier alpha value is -2.09. The van der Waals surface area contributed by atoms with E-state index >= 15 is 0 Å². The third kappa shape index (κ3) is 3.78. The molecule has 8 heteroatoms. The van der Waals surface area contributed by atoms with Crippen molar-refractivity contribution in [3.05, 3.63) is 26.4 Å². The number of aromatic nitrogens is 2. The summed E-state index contributed by atoms with van der Waals surface area (Å²) in [5, 5.41) is 17.1. The summed E-state index contributed by atoms with van der Waals surface area (Å²) in [4.78, 5) is 28.4. The average molecular weight is 350 g/mol. The van der Waals surface area contributed by atoms with Gasteiger partial charge in [-0.2, -0.15) is 5.10 Å². The lowest BCUT2D eigenvalue weighted by atomic mass is 9.95. The third-order valence-corrected chi connectivity index (χ3v) is 5.30. The predicted octanol–water partition coefficient (Wildman–Crippen LogP) is -0.698. The number of nitrogens with zero attached hydrogens (tertiary/aromatic N) is 3. The number of piperazine rings is 1. The van der Waals surface area contributed by atoms with Gasteiger partial charge in [0.05, 0.1) is 38.9 Å². The Morgan fingerprint density at radius 2 is 1.84 bits per heavy atom. The van der Waals surface area contributed by atoms with E-state index in [1.54, 1.807) is 6.92 Å². The number of likely N-dealkylation sites (N-methyl/N-ethyl adjacent to an activating group) is 1. The normalized spacial score (nSPS) is 20.9. The van der Waals surface area contributed by atoms with Gasteiger partial charge in [-0.15, -0.1) is 0 Å². The zero-order valence-electron chi connectivity index (χ0n) is 15.0. The van der Waals surface area contributed by atoms with Gasteiger partial charge in [0.25, 0.3) is 5.56 Å². The number of hydrogen-bond donors (Lipinski definition) is 3. The van der Waals surface area contributed by atoms with Gasteiger partial charge in [-0.05, 0) is 19.8 Å². The van der Waals surface area contributed by atoms with Gasteiger partial charge in [0.2, 0.25) is 5.88 Å². The van der Waals surface area contributed by atoms with Crippen molar-refractivity contribution in [3.8, 4) is 5.88 Å². The Kier molecular flexibility index (Phi) is 5.27. The summed E-state index contributed by atoms with van der Waals surface area (Å²) >= 11 is 0. The van der Waals surface area contributed by atoms with Crippen molar-refractivity contribution in [2.24, 2.45) is 5.10 Å². The van der Waals surface area contributed by atoms with Gasteiger partial charge in [0.1, 0.15) is 5.56 Å². The molecule has 1 aromatic rings. The molecule has 0 atom stereocenters. The fourth-order valence-corrected chi connectivity index (χ4v) is 3.78. The highest BCUT2D eigenvalue weighted by Crippen LogP contribution is 2.30. The number of hydrogen-bond acceptors (Lipinski definition) is 5. The molecule has 3 N–H and O–H groups in total. The van der Waals surface area contributed by atoms with E-state index in [1.807, 2.05) is 5.01 Å². The molecule has 0 aromatic carbocycles. The molecule has 0 radical (unpaired) electrons. The summed E-state index contributed by atoms with van der Waals surface area (Å²) in [5.41, 5.74) is -0.552. The molecule has 138 valence electrons. The van der Waals surface area contributed by atoms with Crippen LogP contribution in [0.15, 0.2) is 14.7 Å². The molecule has 0 bridgehead atoms. The van der Waals surface area contributed by atoms with Crippen molar-refractivity contribution in [3.63, 3.8) is 0 Å². The highest BCUT2D eigenvalue weighted by atomic mass is 16.3. The minimum atomic E-state index is -0.574. The van der Waals surface area contributed by atoms with E-state index in [9.17, 15) is 14.7 Å². The molecular formula is C17H28N5O3+. The van der Waals surface area contributed by atoms with Crippen LogP contribution in [-0.4, -0.2) is 58.6 Å². The van der Waals surface area contributed by atoms with Crippen molar-refractivity contribution in [1.29, 1.82) is 0 Å². The number of hydrazone groups is 1. The zero-order valence-corrected chi connectivity index (χ0v) is 15.0. The lowest BCUT2D eigenvalue weighted by Crippen LogP contribution is -3.11. The third-order valence-electron chi connectivity index (χ3n) is 5.30. The van der Waals surface area contributed by atoms with Crippen LogP contribution in [0.2, 0.25) is 0 Å². The quantitative estimate of drug-likeness (QED) is 0.629. The molecule has 2 heterocycles. The maximum Gasteiger partial charge on any atom is 0.331 e. The maximum absolute atomic E-state index is 12.3. The van der Waals surface area contributed by atoms with Gasteiger partial charge >= 0.3 is 5.69 Å². The van der Waals surface area contributed by atoms with Crippen molar-refractivity contribution in [2.75, 3.05) is 33.2 Å². The second-order valence-electron chi connectivity index (χ2n) is 7.22. The summed E-state index contributed by atoms with van der Waals surface area (Å²) in [6.07, 6.45) is 4.89. The number of aromatic hydroxyl groups is 1. The maximum atomic E-state index is 12.3. The lowest BCUT2D eigenvalue weighted by molar-refractivity contribution is -0.884. The number of nitrogens with one attached hydrogen (secondary N) is 2. The average Bonchev–Trinajstić information content (AvgIpc) is 2.57. The van der Waals surface area contributed by atoms with Crippen molar-refractivity contribution in [1.82, 2.24) is 14.6 Å². The van der Waals surface area contributed by atoms with Crippen LogP contribution in [0.25, 0.3) is 0 Å². The van der Waals surface area contributed by atoms with Crippen molar-refractivity contribution in [2.45, 2.75) is 45.1 Å². The zero-order chi connectivity index (χ0) is 18.0. The minimum absolute atomic E-state index is 0.0584. The Labute approximate surface area is 146 Å².